The van der Waals surface area contributed by atoms with Crippen molar-refractivity contribution in [3.8, 4) is 0 Å². The third-order valence-corrected chi connectivity index (χ3v) is 2.30. The summed E-state index contributed by atoms with van der Waals surface area (Å²) < 4.78 is 0. The summed E-state index contributed by atoms with van der Waals surface area (Å²) in [5, 5.41) is 17.2. The highest BCUT2D eigenvalue weighted by molar-refractivity contribution is 5.74. The van der Waals surface area contributed by atoms with Crippen molar-refractivity contribution in [2.75, 3.05) is 6.61 Å². The van der Waals surface area contributed by atoms with Crippen LogP contribution in [0.1, 0.15) is 13.3 Å². The van der Waals surface area contributed by atoms with E-state index in [1.165, 1.54) is 0 Å². The Balaban J connectivity index is 2.44. The number of aliphatic carboxylic acids is 1. The average molecular weight is 144 g/mol. The van der Waals surface area contributed by atoms with E-state index in [4.69, 9.17) is 10.2 Å². The van der Waals surface area contributed by atoms with E-state index in [-0.39, 0.29) is 24.4 Å². The lowest BCUT2D eigenvalue weighted by Crippen LogP contribution is -2.01. The Morgan fingerprint density at radius 2 is 2.10 bits per heavy atom. The molecule has 0 aliphatic heterocycles. The van der Waals surface area contributed by atoms with Crippen LogP contribution >= 0.6 is 0 Å². The van der Waals surface area contributed by atoms with E-state index in [9.17, 15) is 4.79 Å². The first-order valence-electron chi connectivity index (χ1n) is 3.56. The molecular formula is C7H12O3. The van der Waals surface area contributed by atoms with Gasteiger partial charge in [-0.05, 0) is 11.8 Å². The quantitative estimate of drug-likeness (QED) is 0.600. The zero-order valence-electron chi connectivity index (χ0n) is 5.95. The van der Waals surface area contributed by atoms with E-state index in [2.05, 4.69) is 0 Å². The molecule has 0 aromatic heterocycles. The second kappa shape index (κ2) is 2.58. The minimum Gasteiger partial charge on any atom is -0.481 e. The molecule has 0 spiro atoms. The lowest BCUT2D eigenvalue weighted by molar-refractivity contribution is -0.139. The number of aliphatic hydroxyl groups is 1. The van der Waals surface area contributed by atoms with E-state index in [1.807, 2.05) is 6.92 Å². The van der Waals surface area contributed by atoms with Gasteiger partial charge in [-0.3, -0.25) is 4.79 Å². The number of rotatable bonds is 3. The van der Waals surface area contributed by atoms with Crippen LogP contribution in [0.25, 0.3) is 0 Å². The molecule has 3 unspecified atom stereocenters. The van der Waals surface area contributed by atoms with Gasteiger partial charge in [0.2, 0.25) is 0 Å². The number of carboxylic acid groups (broad SMARTS) is 1. The molecule has 0 amide bonds. The molecule has 3 atom stereocenters. The SMILES string of the molecule is CCC1C(CO)C1C(=O)O. The van der Waals surface area contributed by atoms with E-state index in [0.29, 0.717) is 0 Å². The van der Waals surface area contributed by atoms with Crippen LogP contribution < -0.4 is 0 Å². The highest BCUT2D eigenvalue weighted by Crippen LogP contribution is 2.48. The summed E-state index contributed by atoms with van der Waals surface area (Å²) in [6.45, 7) is 1.98. The van der Waals surface area contributed by atoms with Crippen LogP contribution in [0, 0.1) is 17.8 Å². The van der Waals surface area contributed by atoms with Crippen LogP contribution in [0.5, 0.6) is 0 Å². The maximum absolute atomic E-state index is 10.4. The molecule has 0 saturated heterocycles. The Labute approximate surface area is 59.7 Å². The van der Waals surface area contributed by atoms with E-state index in [1.54, 1.807) is 0 Å². The number of carboxylic acids is 1. The number of carbonyl (C=O) groups is 1. The molecule has 0 radical (unpaired) electrons. The Morgan fingerprint density at radius 3 is 2.20 bits per heavy atom. The van der Waals surface area contributed by atoms with Crippen LogP contribution in [-0.4, -0.2) is 22.8 Å². The first-order chi connectivity index (χ1) is 4.72. The predicted octanol–water partition coefficient (Wildman–Crippen LogP) is 0.336. The van der Waals surface area contributed by atoms with Gasteiger partial charge in [-0.25, -0.2) is 0 Å². The molecule has 1 fully saturated rings. The normalized spacial score (nSPS) is 37.6. The van der Waals surface area contributed by atoms with Gasteiger partial charge in [0.15, 0.2) is 0 Å². The van der Waals surface area contributed by atoms with Crippen molar-refractivity contribution in [3.05, 3.63) is 0 Å². The molecule has 1 aliphatic rings. The van der Waals surface area contributed by atoms with Gasteiger partial charge in [-0.1, -0.05) is 13.3 Å². The molecule has 10 heavy (non-hydrogen) atoms. The minimum atomic E-state index is -0.758. The third-order valence-electron chi connectivity index (χ3n) is 2.30. The summed E-state index contributed by atoms with van der Waals surface area (Å²) >= 11 is 0. The van der Waals surface area contributed by atoms with Crippen molar-refractivity contribution >= 4 is 5.97 Å². The van der Waals surface area contributed by atoms with Gasteiger partial charge >= 0.3 is 5.97 Å². The summed E-state index contributed by atoms with van der Waals surface area (Å²) in [6, 6.07) is 0. The summed E-state index contributed by atoms with van der Waals surface area (Å²) in [5.74, 6) is -0.772. The molecule has 1 saturated carbocycles. The van der Waals surface area contributed by atoms with Crippen molar-refractivity contribution in [3.63, 3.8) is 0 Å². The van der Waals surface area contributed by atoms with Crippen LogP contribution in [-0.2, 0) is 4.79 Å². The van der Waals surface area contributed by atoms with Crippen LogP contribution in [0.3, 0.4) is 0 Å². The fourth-order valence-electron chi connectivity index (χ4n) is 1.62. The lowest BCUT2D eigenvalue weighted by atomic mass is 10.2. The lowest BCUT2D eigenvalue weighted by Gasteiger charge is -1.84. The van der Waals surface area contributed by atoms with E-state index in [0.717, 1.165) is 6.42 Å². The van der Waals surface area contributed by atoms with Gasteiger partial charge in [0.1, 0.15) is 0 Å². The van der Waals surface area contributed by atoms with Crippen molar-refractivity contribution in [1.29, 1.82) is 0 Å². The largest absolute Gasteiger partial charge is 0.481 e. The van der Waals surface area contributed by atoms with Crippen molar-refractivity contribution in [2.24, 2.45) is 17.8 Å². The topological polar surface area (TPSA) is 57.5 Å². The molecule has 3 nitrogen and oxygen atoms in total. The van der Waals surface area contributed by atoms with Gasteiger partial charge < -0.3 is 10.2 Å². The van der Waals surface area contributed by atoms with Gasteiger partial charge in [-0.2, -0.15) is 0 Å². The highest BCUT2D eigenvalue weighted by Gasteiger charge is 2.53. The zero-order valence-corrected chi connectivity index (χ0v) is 5.95. The minimum absolute atomic E-state index is 0.0233. The molecule has 0 aromatic rings. The van der Waals surface area contributed by atoms with Crippen LogP contribution in [0.2, 0.25) is 0 Å². The van der Waals surface area contributed by atoms with E-state index < -0.39 is 5.97 Å². The molecule has 0 aromatic carbocycles. The Bertz CT molecular complexity index is 134. The van der Waals surface area contributed by atoms with Crippen LogP contribution in [0.4, 0.5) is 0 Å². The monoisotopic (exact) mass is 144 g/mol. The smallest absolute Gasteiger partial charge is 0.307 e. The van der Waals surface area contributed by atoms with Crippen molar-refractivity contribution in [1.82, 2.24) is 0 Å². The maximum atomic E-state index is 10.4. The maximum Gasteiger partial charge on any atom is 0.307 e. The average Bonchev–Trinajstić information content (AvgIpc) is 2.60. The van der Waals surface area contributed by atoms with E-state index >= 15 is 0 Å². The second-order valence-electron chi connectivity index (χ2n) is 2.78. The van der Waals surface area contributed by atoms with Crippen LogP contribution in [0.15, 0.2) is 0 Å². The Kier molecular flexibility index (Phi) is 1.94. The molecule has 58 valence electrons. The van der Waals surface area contributed by atoms with Crippen molar-refractivity contribution in [2.45, 2.75) is 13.3 Å². The number of aliphatic hydroxyl groups excluding tert-OH is 1. The van der Waals surface area contributed by atoms with Gasteiger partial charge in [0.25, 0.3) is 0 Å². The molecule has 2 N–H and O–H groups in total. The summed E-state index contributed by atoms with van der Waals surface area (Å²) in [7, 11) is 0. The molecule has 1 aliphatic carbocycles. The number of hydrogen-bond donors (Lipinski definition) is 2. The molecule has 0 bridgehead atoms. The molecule has 0 heterocycles. The number of hydrogen-bond acceptors (Lipinski definition) is 2. The first kappa shape index (κ1) is 7.54. The fourth-order valence-corrected chi connectivity index (χ4v) is 1.62. The van der Waals surface area contributed by atoms with Gasteiger partial charge in [0.05, 0.1) is 5.92 Å². The standard InChI is InChI=1S/C7H12O3/c1-2-4-5(3-8)6(4)7(9)10/h4-6,8H,2-3H2,1H3,(H,9,10). The third kappa shape index (κ3) is 1.01. The summed E-state index contributed by atoms with van der Waals surface area (Å²) in [6.07, 6.45) is 0.863. The summed E-state index contributed by atoms with van der Waals surface area (Å²) in [4.78, 5) is 10.4. The second-order valence-corrected chi connectivity index (χ2v) is 2.78. The summed E-state index contributed by atoms with van der Waals surface area (Å²) in [5.41, 5.74) is 0. The Morgan fingerprint density at radius 1 is 1.50 bits per heavy atom. The molecule has 3 heteroatoms. The molecule has 1 rings (SSSR count). The van der Waals surface area contributed by atoms with Crippen molar-refractivity contribution < 1.29 is 15.0 Å². The predicted molar refractivity (Wildman–Crippen MR) is 35.5 cm³/mol. The molecular weight excluding hydrogens is 132 g/mol. The fraction of sp³-hybridized carbons (Fsp3) is 0.857. The zero-order chi connectivity index (χ0) is 7.72. The first-order valence-corrected chi connectivity index (χ1v) is 3.56. The van der Waals surface area contributed by atoms with Gasteiger partial charge in [0, 0.05) is 6.61 Å². The Hall–Kier alpha value is -0.570. The van der Waals surface area contributed by atoms with Gasteiger partial charge in [-0.15, -0.1) is 0 Å². The highest BCUT2D eigenvalue weighted by atomic mass is 16.4.